The van der Waals surface area contributed by atoms with E-state index in [2.05, 4.69) is 10.1 Å². The standard InChI is InChI=1S/C15H19NO5/c1-3-15(4-2,12(17)18)13(19)21-14(20)16-10-11-8-6-5-7-9-11/h5-9H,3-4,10H2,1-2H3,(H,16,20)(H,17,18). The molecular formula is C15H19NO5. The molecule has 0 heterocycles. The predicted molar refractivity (Wildman–Crippen MR) is 75.4 cm³/mol. The van der Waals surface area contributed by atoms with Gasteiger partial charge in [0, 0.05) is 6.54 Å². The SMILES string of the molecule is CCC(CC)(C(=O)O)C(=O)OC(=O)NCc1ccccc1. The average molecular weight is 293 g/mol. The van der Waals surface area contributed by atoms with Crippen LogP contribution in [-0.4, -0.2) is 23.1 Å². The lowest BCUT2D eigenvalue weighted by Crippen LogP contribution is -2.42. The van der Waals surface area contributed by atoms with Crippen LogP contribution < -0.4 is 5.32 Å². The smallest absolute Gasteiger partial charge is 0.415 e. The summed E-state index contributed by atoms with van der Waals surface area (Å²) in [6, 6.07) is 9.09. The van der Waals surface area contributed by atoms with Crippen molar-refractivity contribution in [3.8, 4) is 0 Å². The van der Waals surface area contributed by atoms with Gasteiger partial charge < -0.3 is 15.2 Å². The quantitative estimate of drug-likeness (QED) is 0.620. The molecule has 1 aromatic carbocycles. The molecule has 0 bridgehead atoms. The number of carboxylic acids is 1. The predicted octanol–water partition coefficient (Wildman–Crippen LogP) is 2.33. The van der Waals surface area contributed by atoms with E-state index in [-0.39, 0.29) is 19.4 Å². The second kappa shape index (κ2) is 7.42. The number of carbonyl (C=O) groups excluding carboxylic acids is 2. The third-order valence-electron chi connectivity index (χ3n) is 3.47. The van der Waals surface area contributed by atoms with Gasteiger partial charge in [-0.3, -0.25) is 9.59 Å². The Labute approximate surface area is 123 Å². The van der Waals surface area contributed by atoms with Crippen LogP contribution in [0.2, 0.25) is 0 Å². The Kier molecular flexibility index (Phi) is 5.90. The van der Waals surface area contributed by atoms with E-state index in [1.807, 2.05) is 30.3 Å². The molecule has 0 spiro atoms. The van der Waals surface area contributed by atoms with Crippen molar-refractivity contribution in [1.82, 2.24) is 5.32 Å². The Bertz CT molecular complexity index is 508. The number of hydrogen-bond donors (Lipinski definition) is 2. The van der Waals surface area contributed by atoms with Crippen molar-refractivity contribution in [3.63, 3.8) is 0 Å². The third-order valence-corrected chi connectivity index (χ3v) is 3.47. The van der Waals surface area contributed by atoms with Crippen molar-refractivity contribution in [2.24, 2.45) is 5.41 Å². The Morgan fingerprint density at radius 2 is 1.71 bits per heavy atom. The number of esters is 1. The maximum absolute atomic E-state index is 11.9. The minimum absolute atomic E-state index is 0.0592. The number of hydrogen-bond acceptors (Lipinski definition) is 4. The molecule has 0 aliphatic heterocycles. The molecule has 21 heavy (non-hydrogen) atoms. The highest BCUT2D eigenvalue weighted by molar-refractivity contribution is 6.02. The molecule has 0 atom stereocenters. The van der Waals surface area contributed by atoms with Crippen LogP contribution in [0.5, 0.6) is 0 Å². The lowest BCUT2D eigenvalue weighted by Gasteiger charge is -2.23. The van der Waals surface area contributed by atoms with Crippen molar-refractivity contribution >= 4 is 18.0 Å². The number of rotatable bonds is 6. The zero-order valence-corrected chi connectivity index (χ0v) is 12.1. The first kappa shape index (κ1) is 16.7. The molecule has 0 saturated heterocycles. The molecule has 1 amide bonds. The number of alkyl carbamates (subject to hydrolysis) is 1. The summed E-state index contributed by atoms with van der Waals surface area (Å²) in [6.07, 6.45) is -0.829. The van der Waals surface area contributed by atoms with E-state index >= 15 is 0 Å². The Morgan fingerprint density at radius 3 is 2.19 bits per heavy atom. The van der Waals surface area contributed by atoms with Crippen molar-refractivity contribution in [2.45, 2.75) is 33.2 Å². The fraction of sp³-hybridized carbons (Fsp3) is 0.400. The van der Waals surface area contributed by atoms with Gasteiger partial charge in [0.1, 0.15) is 0 Å². The van der Waals surface area contributed by atoms with E-state index in [0.29, 0.717) is 0 Å². The van der Waals surface area contributed by atoms with Gasteiger partial charge in [-0.15, -0.1) is 0 Å². The van der Waals surface area contributed by atoms with Gasteiger partial charge in [0.25, 0.3) is 0 Å². The fourth-order valence-corrected chi connectivity index (χ4v) is 1.92. The van der Waals surface area contributed by atoms with Crippen LogP contribution in [0, 0.1) is 5.41 Å². The van der Waals surface area contributed by atoms with Crippen LogP contribution in [0.25, 0.3) is 0 Å². The molecule has 6 heteroatoms. The van der Waals surface area contributed by atoms with Crippen LogP contribution in [0.15, 0.2) is 30.3 Å². The molecule has 1 aromatic rings. The second-order valence-corrected chi connectivity index (χ2v) is 4.61. The number of ether oxygens (including phenoxy) is 1. The molecule has 0 aromatic heterocycles. The molecular weight excluding hydrogens is 274 g/mol. The number of nitrogens with one attached hydrogen (secondary N) is 1. The highest BCUT2D eigenvalue weighted by Gasteiger charge is 2.45. The van der Waals surface area contributed by atoms with E-state index in [1.54, 1.807) is 13.8 Å². The van der Waals surface area contributed by atoms with Crippen molar-refractivity contribution in [1.29, 1.82) is 0 Å². The Morgan fingerprint density at radius 1 is 1.14 bits per heavy atom. The first-order chi connectivity index (χ1) is 9.96. The van der Waals surface area contributed by atoms with Crippen LogP contribution in [0.3, 0.4) is 0 Å². The number of benzene rings is 1. The van der Waals surface area contributed by atoms with Gasteiger partial charge in [-0.25, -0.2) is 4.79 Å². The molecule has 0 fully saturated rings. The lowest BCUT2D eigenvalue weighted by molar-refractivity contribution is -0.165. The summed E-state index contributed by atoms with van der Waals surface area (Å²) in [4.78, 5) is 34.8. The van der Waals surface area contributed by atoms with Gasteiger partial charge in [0.2, 0.25) is 0 Å². The van der Waals surface area contributed by atoms with E-state index in [9.17, 15) is 19.5 Å². The molecule has 0 saturated carbocycles. The summed E-state index contributed by atoms with van der Waals surface area (Å²) in [5.41, 5.74) is -0.832. The molecule has 0 aliphatic rings. The third kappa shape index (κ3) is 4.05. The number of carboxylic acid groups (broad SMARTS) is 1. The summed E-state index contributed by atoms with van der Waals surface area (Å²) >= 11 is 0. The first-order valence-corrected chi connectivity index (χ1v) is 6.73. The normalized spacial score (nSPS) is 10.8. The van der Waals surface area contributed by atoms with Gasteiger partial charge in [0.05, 0.1) is 0 Å². The fourth-order valence-electron chi connectivity index (χ4n) is 1.92. The molecule has 6 nitrogen and oxygen atoms in total. The minimum atomic E-state index is -1.68. The van der Waals surface area contributed by atoms with Gasteiger partial charge in [-0.1, -0.05) is 44.2 Å². The summed E-state index contributed by atoms with van der Waals surface area (Å²) in [5.74, 6) is -2.32. The molecule has 1 rings (SSSR count). The Balaban J connectivity index is 2.61. The summed E-state index contributed by atoms with van der Waals surface area (Å²) < 4.78 is 4.61. The van der Waals surface area contributed by atoms with Crippen molar-refractivity contribution in [2.75, 3.05) is 0 Å². The van der Waals surface area contributed by atoms with Gasteiger partial charge >= 0.3 is 18.0 Å². The maximum Gasteiger partial charge on any atom is 0.415 e. The number of amides is 1. The number of carbonyl (C=O) groups is 3. The second-order valence-electron chi connectivity index (χ2n) is 4.61. The first-order valence-electron chi connectivity index (χ1n) is 6.73. The Hall–Kier alpha value is -2.37. The minimum Gasteiger partial charge on any atom is -0.480 e. The van der Waals surface area contributed by atoms with E-state index in [1.165, 1.54) is 0 Å². The van der Waals surface area contributed by atoms with Crippen LogP contribution in [0.1, 0.15) is 32.3 Å². The zero-order valence-electron chi connectivity index (χ0n) is 12.1. The van der Waals surface area contributed by atoms with Crippen LogP contribution >= 0.6 is 0 Å². The summed E-state index contributed by atoms with van der Waals surface area (Å²) in [7, 11) is 0. The molecule has 0 unspecified atom stereocenters. The van der Waals surface area contributed by atoms with E-state index in [0.717, 1.165) is 5.56 Å². The van der Waals surface area contributed by atoms with Crippen LogP contribution in [-0.2, 0) is 20.9 Å². The molecule has 0 radical (unpaired) electrons. The van der Waals surface area contributed by atoms with Gasteiger partial charge in [-0.05, 0) is 18.4 Å². The highest BCUT2D eigenvalue weighted by atomic mass is 16.6. The van der Waals surface area contributed by atoms with Crippen molar-refractivity contribution < 1.29 is 24.2 Å². The number of aliphatic carboxylic acids is 1. The topological polar surface area (TPSA) is 92.7 Å². The zero-order chi connectivity index (χ0) is 15.9. The highest BCUT2D eigenvalue weighted by Crippen LogP contribution is 2.28. The lowest BCUT2D eigenvalue weighted by atomic mass is 9.82. The summed E-state index contributed by atoms with van der Waals surface area (Å²) in [6.45, 7) is 3.34. The van der Waals surface area contributed by atoms with Crippen molar-refractivity contribution in [3.05, 3.63) is 35.9 Å². The molecule has 0 aliphatic carbocycles. The van der Waals surface area contributed by atoms with E-state index < -0.39 is 23.4 Å². The van der Waals surface area contributed by atoms with E-state index in [4.69, 9.17) is 0 Å². The molecule has 114 valence electrons. The van der Waals surface area contributed by atoms with Gasteiger partial charge in [-0.2, -0.15) is 0 Å². The maximum atomic E-state index is 11.9. The average Bonchev–Trinajstić information content (AvgIpc) is 2.47. The summed E-state index contributed by atoms with van der Waals surface area (Å²) in [5, 5.41) is 11.6. The van der Waals surface area contributed by atoms with Crippen LogP contribution in [0.4, 0.5) is 4.79 Å². The largest absolute Gasteiger partial charge is 0.480 e. The molecule has 2 N–H and O–H groups in total. The monoisotopic (exact) mass is 293 g/mol. The van der Waals surface area contributed by atoms with Gasteiger partial charge in [0.15, 0.2) is 5.41 Å².